The second-order valence-electron chi connectivity index (χ2n) is 6.52. The van der Waals surface area contributed by atoms with Gasteiger partial charge in [-0.15, -0.1) is 0 Å². The fraction of sp³-hybridized carbons (Fsp3) is 0.941. The summed E-state index contributed by atoms with van der Waals surface area (Å²) in [6, 6.07) is -0.0636. The summed E-state index contributed by atoms with van der Waals surface area (Å²) in [5.41, 5.74) is 0. The largest absolute Gasteiger partial charge is 0.378 e. The van der Waals surface area contributed by atoms with Gasteiger partial charge in [0.2, 0.25) is 5.91 Å². The van der Waals surface area contributed by atoms with Crippen LogP contribution in [0, 0.1) is 0 Å². The van der Waals surface area contributed by atoms with E-state index in [0.717, 1.165) is 64.8 Å². The first-order chi connectivity index (χ1) is 10.7. The van der Waals surface area contributed by atoms with E-state index in [-0.39, 0.29) is 18.1 Å². The third-order valence-corrected chi connectivity index (χ3v) is 4.72. The number of rotatable bonds is 7. The summed E-state index contributed by atoms with van der Waals surface area (Å²) in [7, 11) is 0. The summed E-state index contributed by atoms with van der Waals surface area (Å²) in [6.07, 6.45) is 7.08. The molecule has 0 aromatic carbocycles. The van der Waals surface area contributed by atoms with Crippen LogP contribution in [0.1, 0.15) is 52.4 Å². The number of nitrogens with one attached hydrogen (secondary N) is 1. The summed E-state index contributed by atoms with van der Waals surface area (Å²) < 4.78 is 11.4. The lowest BCUT2D eigenvalue weighted by Crippen LogP contribution is -2.47. The molecule has 0 unspecified atom stereocenters. The Bertz CT molecular complexity index is 332. The van der Waals surface area contributed by atoms with E-state index in [1.807, 2.05) is 6.92 Å². The van der Waals surface area contributed by atoms with Crippen LogP contribution in [0.2, 0.25) is 0 Å². The molecule has 0 aromatic heterocycles. The Balaban J connectivity index is 1.71. The monoisotopic (exact) mass is 312 g/mol. The molecular weight excluding hydrogens is 280 g/mol. The molecule has 2 saturated heterocycles. The second-order valence-corrected chi connectivity index (χ2v) is 6.52. The Morgan fingerprint density at radius 1 is 1.32 bits per heavy atom. The number of likely N-dealkylation sites (tertiary alicyclic amines) is 1. The van der Waals surface area contributed by atoms with E-state index in [2.05, 4.69) is 17.1 Å². The maximum Gasteiger partial charge on any atom is 0.237 e. The minimum Gasteiger partial charge on any atom is -0.378 e. The van der Waals surface area contributed by atoms with Crippen molar-refractivity contribution < 1.29 is 14.3 Å². The van der Waals surface area contributed by atoms with Gasteiger partial charge < -0.3 is 14.8 Å². The molecule has 0 spiro atoms. The van der Waals surface area contributed by atoms with Gasteiger partial charge in [-0.25, -0.2) is 0 Å². The highest BCUT2D eigenvalue weighted by Gasteiger charge is 2.26. The van der Waals surface area contributed by atoms with Crippen LogP contribution < -0.4 is 5.32 Å². The molecular formula is C17H32N2O3. The van der Waals surface area contributed by atoms with Crippen molar-refractivity contribution in [2.45, 2.75) is 70.6 Å². The first-order valence-corrected chi connectivity index (χ1v) is 8.95. The van der Waals surface area contributed by atoms with Gasteiger partial charge in [0.1, 0.15) is 0 Å². The fourth-order valence-electron chi connectivity index (χ4n) is 3.26. The van der Waals surface area contributed by atoms with Gasteiger partial charge in [0, 0.05) is 26.3 Å². The zero-order valence-electron chi connectivity index (χ0n) is 14.2. The Hall–Kier alpha value is -0.650. The lowest BCUT2D eigenvalue weighted by molar-refractivity contribution is -0.126. The van der Waals surface area contributed by atoms with Gasteiger partial charge in [-0.05, 0) is 52.0 Å². The highest BCUT2D eigenvalue weighted by molar-refractivity contribution is 5.81. The summed E-state index contributed by atoms with van der Waals surface area (Å²) >= 11 is 0. The predicted octanol–water partition coefficient (Wildman–Crippen LogP) is 1.95. The molecule has 3 atom stereocenters. The fourth-order valence-corrected chi connectivity index (χ4v) is 3.26. The van der Waals surface area contributed by atoms with Crippen LogP contribution in [-0.2, 0) is 14.3 Å². The lowest BCUT2D eigenvalue weighted by Gasteiger charge is -2.27. The Morgan fingerprint density at radius 3 is 2.91 bits per heavy atom. The van der Waals surface area contributed by atoms with Crippen molar-refractivity contribution in [3.8, 4) is 0 Å². The van der Waals surface area contributed by atoms with Crippen LogP contribution in [0.5, 0.6) is 0 Å². The summed E-state index contributed by atoms with van der Waals surface area (Å²) in [5, 5.41) is 3.05. The lowest BCUT2D eigenvalue weighted by atomic mass is 10.1. The molecule has 0 aromatic rings. The first-order valence-electron chi connectivity index (χ1n) is 8.95. The standard InChI is InChI=1S/C17H32N2O3/c1-3-11-21-15-6-4-9-19(10-8-15)14(2)17(20)18-13-16-7-5-12-22-16/h14-16H,3-13H2,1-2H3,(H,18,20)/t14-,15+,16-/m0/s1. The van der Waals surface area contributed by atoms with Crippen LogP contribution >= 0.6 is 0 Å². The first kappa shape index (κ1) is 17.7. The average Bonchev–Trinajstić information content (AvgIpc) is 2.94. The number of carbonyl (C=O) groups excluding carboxylic acids is 1. The maximum atomic E-state index is 12.3. The minimum atomic E-state index is -0.0636. The normalized spacial score (nSPS) is 28.3. The molecule has 1 amide bonds. The smallest absolute Gasteiger partial charge is 0.237 e. The Kier molecular flexibility index (Phi) is 7.63. The molecule has 0 aliphatic carbocycles. The van der Waals surface area contributed by atoms with E-state index in [0.29, 0.717) is 12.6 Å². The van der Waals surface area contributed by atoms with Gasteiger partial charge in [-0.3, -0.25) is 9.69 Å². The van der Waals surface area contributed by atoms with Crippen LogP contribution in [0.25, 0.3) is 0 Å². The second kappa shape index (κ2) is 9.48. The van der Waals surface area contributed by atoms with Gasteiger partial charge in [-0.1, -0.05) is 6.92 Å². The van der Waals surface area contributed by atoms with Crippen molar-refractivity contribution >= 4 is 5.91 Å². The molecule has 2 aliphatic rings. The molecule has 1 N–H and O–H groups in total. The predicted molar refractivity (Wildman–Crippen MR) is 86.9 cm³/mol. The van der Waals surface area contributed by atoms with E-state index >= 15 is 0 Å². The van der Waals surface area contributed by atoms with E-state index < -0.39 is 0 Å². The van der Waals surface area contributed by atoms with Crippen LogP contribution in [0.15, 0.2) is 0 Å². The SMILES string of the molecule is CCCO[C@@H]1CCCN([C@@H](C)C(=O)NC[C@@H]2CCCO2)CC1. The minimum absolute atomic E-state index is 0.0636. The van der Waals surface area contributed by atoms with E-state index in [4.69, 9.17) is 9.47 Å². The maximum absolute atomic E-state index is 12.3. The quantitative estimate of drug-likeness (QED) is 0.781. The van der Waals surface area contributed by atoms with Gasteiger partial charge in [-0.2, -0.15) is 0 Å². The third-order valence-electron chi connectivity index (χ3n) is 4.72. The number of hydrogen-bond donors (Lipinski definition) is 1. The number of carbonyl (C=O) groups is 1. The van der Waals surface area contributed by atoms with Gasteiger partial charge in [0.15, 0.2) is 0 Å². The number of nitrogens with zero attached hydrogens (tertiary/aromatic N) is 1. The molecule has 2 aliphatic heterocycles. The van der Waals surface area contributed by atoms with E-state index in [1.54, 1.807) is 0 Å². The van der Waals surface area contributed by atoms with Crippen molar-refractivity contribution in [1.82, 2.24) is 10.2 Å². The molecule has 0 radical (unpaired) electrons. The van der Waals surface area contributed by atoms with Crippen molar-refractivity contribution in [2.75, 3.05) is 32.8 Å². The van der Waals surface area contributed by atoms with Crippen molar-refractivity contribution in [2.24, 2.45) is 0 Å². The van der Waals surface area contributed by atoms with Gasteiger partial charge in [0.05, 0.1) is 18.2 Å². The van der Waals surface area contributed by atoms with Crippen LogP contribution in [0.3, 0.4) is 0 Å². The molecule has 5 heteroatoms. The average molecular weight is 312 g/mol. The zero-order chi connectivity index (χ0) is 15.8. The number of ether oxygens (including phenoxy) is 2. The zero-order valence-corrected chi connectivity index (χ0v) is 14.2. The third kappa shape index (κ3) is 5.52. The summed E-state index contributed by atoms with van der Waals surface area (Å²) in [4.78, 5) is 14.6. The van der Waals surface area contributed by atoms with E-state index in [9.17, 15) is 4.79 Å². The highest BCUT2D eigenvalue weighted by Crippen LogP contribution is 2.17. The topological polar surface area (TPSA) is 50.8 Å². The molecule has 2 heterocycles. The van der Waals surface area contributed by atoms with E-state index in [1.165, 1.54) is 0 Å². The van der Waals surface area contributed by atoms with Crippen LogP contribution in [-0.4, -0.2) is 61.9 Å². The van der Waals surface area contributed by atoms with Crippen molar-refractivity contribution in [1.29, 1.82) is 0 Å². The number of hydrogen-bond acceptors (Lipinski definition) is 4. The number of amides is 1. The van der Waals surface area contributed by atoms with Gasteiger partial charge >= 0.3 is 0 Å². The molecule has 2 rings (SSSR count). The summed E-state index contributed by atoms with van der Waals surface area (Å²) in [5.74, 6) is 0.128. The Morgan fingerprint density at radius 2 is 2.18 bits per heavy atom. The highest BCUT2D eigenvalue weighted by atomic mass is 16.5. The Labute approximate surface area is 134 Å². The molecule has 22 heavy (non-hydrogen) atoms. The van der Waals surface area contributed by atoms with Crippen molar-refractivity contribution in [3.05, 3.63) is 0 Å². The van der Waals surface area contributed by atoms with Gasteiger partial charge in [0.25, 0.3) is 0 Å². The van der Waals surface area contributed by atoms with Crippen molar-refractivity contribution in [3.63, 3.8) is 0 Å². The molecule has 0 saturated carbocycles. The molecule has 5 nitrogen and oxygen atoms in total. The molecule has 128 valence electrons. The molecule has 2 fully saturated rings. The summed E-state index contributed by atoms with van der Waals surface area (Å²) in [6.45, 7) is 8.42. The molecule has 0 bridgehead atoms. The van der Waals surface area contributed by atoms with Crippen LogP contribution in [0.4, 0.5) is 0 Å².